The molecule has 2 aromatic carbocycles. The highest BCUT2D eigenvalue weighted by Crippen LogP contribution is 2.27. The minimum atomic E-state index is -0.297. The van der Waals surface area contributed by atoms with E-state index < -0.39 is 0 Å². The molecule has 23 heavy (non-hydrogen) atoms. The summed E-state index contributed by atoms with van der Waals surface area (Å²) in [6.45, 7) is 0.779. The van der Waals surface area contributed by atoms with Crippen LogP contribution >= 0.6 is 0 Å². The third-order valence-electron chi connectivity index (χ3n) is 3.64. The lowest BCUT2D eigenvalue weighted by Gasteiger charge is -2.06. The normalized spacial score (nSPS) is 10.9. The van der Waals surface area contributed by atoms with Crippen molar-refractivity contribution in [3.8, 4) is 0 Å². The van der Waals surface area contributed by atoms with Crippen LogP contribution in [0.5, 0.6) is 0 Å². The number of nitrogens with one attached hydrogen (secondary N) is 1. The zero-order valence-electron chi connectivity index (χ0n) is 12.8. The summed E-state index contributed by atoms with van der Waals surface area (Å²) >= 11 is 0. The van der Waals surface area contributed by atoms with Crippen LogP contribution in [0, 0.1) is 0 Å². The second-order valence-electron chi connectivity index (χ2n) is 5.19. The molecule has 118 valence electrons. The number of benzene rings is 2. The number of hydrogen-bond acceptors (Lipinski definition) is 4. The van der Waals surface area contributed by atoms with E-state index in [1.165, 1.54) is 0 Å². The summed E-state index contributed by atoms with van der Waals surface area (Å²) in [5.41, 5.74) is 8.69. The van der Waals surface area contributed by atoms with Gasteiger partial charge in [0.05, 0.1) is 6.61 Å². The summed E-state index contributed by atoms with van der Waals surface area (Å²) in [6.07, 6.45) is 0. The average molecular weight is 310 g/mol. The molecule has 0 radical (unpaired) electrons. The van der Waals surface area contributed by atoms with E-state index in [-0.39, 0.29) is 11.7 Å². The van der Waals surface area contributed by atoms with E-state index in [1.54, 1.807) is 7.11 Å². The summed E-state index contributed by atoms with van der Waals surface area (Å²) < 4.78 is 10.9. The summed E-state index contributed by atoms with van der Waals surface area (Å²) in [5.74, 6) is -0.0234. The zero-order valence-corrected chi connectivity index (χ0v) is 12.8. The lowest BCUT2D eigenvalue weighted by atomic mass is 10.1. The van der Waals surface area contributed by atoms with Crippen LogP contribution in [0.3, 0.4) is 0 Å². The summed E-state index contributed by atoms with van der Waals surface area (Å²) in [7, 11) is 1.59. The fraction of sp³-hybridized carbons (Fsp3) is 0.167. The number of ether oxygens (including phenoxy) is 1. The minimum absolute atomic E-state index is 0.274. The number of carbonyl (C=O) groups is 1. The number of carbonyl (C=O) groups excluding carboxylic acids is 1. The van der Waals surface area contributed by atoms with Gasteiger partial charge in [-0.1, -0.05) is 30.3 Å². The molecule has 0 aliphatic heterocycles. The molecule has 0 atom stereocenters. The molecule has 1 heterocycles. The van der Waals surface area contributed by atoms with Crippen LogP contribution in [0.25, 0.3) is 11.0 Å². The van der Waals surface area contributed by atoms with Gasteiger partial charge in [-0.25, -0.2) is 0 Å². The predicted octanol–water partition coefficient (Wildman–Crippen LogP) is 3.29. The van der Waals surface area contributed by atoms with Gasteiger partial charge in [0.1, 0.15) is 5.58 Å². The molecule has 0 bridgehead atoms. The molecule has 3 rings (SSSR count). The van der Waals surface area contributed by atoms with Crippen LogP contribution in [-0.4, -0.2) is 13.0 Å². The summed E-state index contributed by atoms with van der Waals surface area (Å²) in [5, 5.41) is 3.73. The Morgan fingerprint density at radius 2 is 1.91 bits per heavy atom. The number of nitrogens with two attached hydrogens (primary N) is 1. The van der Waals surface area contributed by atoms with Crippen LogP contribution in [0.4, 0.5) is 5.69 Å². The molecule has 0 fully saturated rings. The fourth-order valence-electron chi connectivity index (χ4n) is 2.48. The Morgan fingerprint density at radius 1 is 1.17 bits per heavy atom. The minimum Gasteiger partial charge on any atom is -0.451 e. The van der Waals surface area contributed by atoms with E-state index in [4.69, 9.17) is 14.9 Å². The number of methoxy groups -OCH3 is 1. The maximum absolute atomic E-state index is 12.5. The van der Waals surface area contributed by atoms with Crippen molar-refractivity contribution in [2.75, 3.05) is 12.4 Å². The molecule has 3 aromatic rings. The molecule has 5 nitrogen and oxygen atoms in total. The third kappa shape index (κ3) is 3.11. The molecule has 0 aliphatic carbocycles. The van der Waals surface area contributed by atoms with Crippen LogP contribution in [0.2, 0.25) is 0 Å². The topological polar surface area (TPSA) is 77.5 Å². The van der Waals surface area contributed by atoms with E-state index in [0.717, 1.165) is 16.5 Å². The van der Waals surface area contributed by atoms with Crippen molar-refractivity contribution in [2.24, 2.45) is 5.73 Å². The molecule has 1 amide bonds. The molecule has 0 aliphatic rings. The van der Waals surface area contributed by atoms with E-state index in [2.05, 4.69) is 5.32 Å². The van der Waals surface area contributed by atoms with Crippen LogP contribution in [0.1, 0.15) is 21.7 Å². The van der Waals surface area contributed by atoms with Gasteiger partial charge in [-0.15, -0.1) is 0 Å². The maximum atomic E-state index is 12.5. The molecule has 1 aromatic heterocycles. The standard InChI is InChI=1S/C18H18N2O3/c1-22-11-15-14-4-2-3-5-16(14)23-17(15)18(21)20-13-8-6-12(10-19)7-9-13/h2-9H,10-11,19H2,1H3,(H,20,21). The first kappa shape index (κ1) is 15.3. The van der Waals surface area contributed by atoms with E-state index >= 15 is 0 Å². The second-order valence-corrected chi connectivity index (χ2v) is 5.19. The molecule has 5 heteroatoms. The number of furan rings is 1. The van der Waals surface area contributed by atoms with Gasteiger partial charge in [-0.3, -0.25) is 4.79 Å². The van der Waals surface area contributed by atoms with E-state index in [9.17, 15) is 4.79 Å². The molecule has 3 N–H and O–H groups in total. The first-order valence-corrected chi connectivity index (χ1v) is 7.32. The molecular weight excluding hydrogens is 292 g/mol. The molecule has 0 spiro atoms. The van der Waals surface area contributed by atoms with Gasteiger partial charge in [0.25, 0.3) is 5.91 Å². The largest absolute Gasteiger partial charge is 0.451 e. The SMILES string of the molecule is COCc1c(C(=O)Nc2ccc(CN)cc2)oc2ccccc12. The number of para-hydroxylation sites is 1. The number of amides is 1. The van der Waals surface area contributed by atoms with Crippen LogP contribution in [0.15, 0.2) is 52.9 Å². The first-order valence-electron chi connectivity index (χ1n) is 7.32. The van der Waals surface area contributed by atoms with Crippen molar-refractivity contribution < 1.29 is 13.9 Å². The molecule has 0 saturated carbocycles. The average Bonchev–Trinajstić information content (AvgIpc) is 2.95. The Bertz CT molecular complexity index is 822. The maximum Gasteiger partial charge on any atom is 0.291 e. The number of fused-ring (bicyclic) bond motifs is 1. The summed E-state index contributed by atoms with van der Waals surface area (Å²) in [6, 6.07) is 14.9. The molecular formula is C18H18N2O3. The van der Waals surface area contributed by atoms with Crippen molar-refractivity contribution in [1.82, 2.24) is 0 Å². The van der Waals surface area contributed by atoms with Crippen molar-refractivity contribution in [3.63, 3.8) is 0 Å². The fourth-order valence-corrected chi connectivity index (χ4v) is 2.48. The van der Waals surface area contributed by atoms with Gasteiger partial charge in [0.15, 0.2) is 5.76 Å². The lowest BCUT2D eigenvalue weighted by molar-refractivity contribution is 0.0992. The molecule has 0 unspecified atom stereocenters. The van der Waals surface area contributed by atoms with Gasteiger partial charge in [0.2, 0.25) is 0 Å². The number of hydrogen-bond donors (Lipinski definition) is 2. The Kier molecular flexibility index (Phi) is 4.41. The van der Waals surface area contributed by atoms with Crippen LogP contribution < -0.4 is 11.1 Å². The highest BCUT2D eigenvalue weighted by Gasteiger charge is 2.20. The first-order chi connectivity index (χ1) is 11.2. The highest BCUT2D eigenvalue weighted by molar-refractivity contribution is 6.06. The monoisotopic (exact) mass is 310 g/mol. The van der Waals surface area contributed by atoms with Gasteiger partial charge < -0.3 is 20.2 Å². The van der Waals surface area contributed by atoms with Gasteiger partial charge >= 0.3 is 0 Å². The van der Waals surface area contributed by atoms with E-state index in [1.807, 2.05) is 48.5 Å². The number of rotatable bonds is 5. The Labute approximate surface area is 134 Å². The summed E-state index contributed by atoms with van der Waals surface area (Å²) in [4.78, 5) is 12.5. The van der Waals surface area contributed by atoms with Crippen molar-refractivity contribution in [1.29, 1.82) is 0 Å². The van der Waals surface area contributed by atoms with Gasteiger partial charge in [0, 0.05) is 30.3 Å². The Hall–Kier alpha value is -2.63. The highest BCUT2D eigenvalue weighted by atomic mass is 16.5. The second kappa shape index (κ2) is 6.64. The van der Waals surface area contributed by atoms with Crippen molar-refractivity contribution in [2.45, 2.75) is 13.2 Å². The van der Waals surface area contributed by atoms with Crippen LogP contribution in [-0.2, 0) is 17.9 Å². The molecule has 0 saturated heterocycles. The van der Waals surface area contributed by atoms with Crippen molar-refractivity contribution in [3.05, 3.63) is 65.4 Å². The predicted molar refractivity (Wildman–Crippen MR) is 89.2 cm³/mol. The Balaban J connectivity index is 1.91. The zero-order chi connectivity index (χ0) is 16.2. The van der Waals surface area contributed by atoms with Gasteiger partial charge in [-0.05, 0) is 23.8 Å². The van der Waals surface area contributed by atoms with E-state index in [0.29, 0.717) is 24.4 Å². The third-order valence-corrected chi connectivity index (χ3v) is 3.64. The number of anilines is 1. The Morgan fingerprint density at radius 3 is 2.61 bits per heavy atom. The van der Waals surface area contributed by atoms with Gasteiger partial charge in [-0.2, -0.15) is 0 Å². The van der Waals surface area contributed by atoms with Crippen molar-refractivity contribution >= 4 is 22.6 Å². The smallest absolute Gasteiger partial charge is 0.291 e. The quantitative estimate of drug-likeness (QED) is 0.758. The lowest BCUT2D eigenvalue weighted by Crippen LogP contribution is -2.13.